The molecule has 3 aliphatic carbocycles. The van der Waals surface area contributed by atoms with Crippen molar-refractivity contribution in [3.8, 4) is 0 Å². The summed E-state index contributed by atoms with van der Waals surface area (Å²) in [5.74, 6) is 1.54. The van der Waals surface area contributed by atoms with Crippen molar-refractivity contribution in [3.05, 3.63) is 48.0 Å². The number of carbonyl (C=O) groups is 1. The van der Waals surface area contributed by atoms with Gasteiger partial charge in [0.15, 0.2) is 5.82 Å². The Kier molecular flexibility index (Phi) is 6.76. The minimum absolute atomic E-state index is 0.0917. The van der Waals surface area contributed by atoms with Crippen LogP contribution in [0.5, 0.6) is 0 Å². The fraction of sp³-hybridized carbons (Fsp3) is 0.654. The van der Waals surface area contributed by atoms with E-state index in [1.165, 1.54) is 6.42 Å². The molecule has 1 aromatic heterocycles. The zero-order valence-corrected chi connectivity index (χ0v) is 21.2. The van der Waals surface area contributed by atoms with Crippen molar-refractivity contribution in [2.45, 2.75) is 83.5 Å². The lowest BCUT2D eigenvalue weighted by molar-refractivity contribution is -0.199. The highest BCUT2D eigenvalue weighted by Gasteiger charge is 2.68. The number of benzene rings is 1. The predicted molar refractivity (Wildman–Crippen MR) is 134 cm³/mol. The Morgan fingerprint density at radius 3 is 2.80 bits per heavy atom. The van der Waals surface area contributed by atoms with Crippen LogP contribution in [0.25, 0.3) is 0 Å². The second kappa shape index (κ2) is 9.67. The summed E-state index contributed by atoms with van der Waals surface area (Å²) in [7, 11) is -0.439. The van der Waals surface area contributed by atoms with Crippen LogP contribution in [0.4, 0.5) is 0 Å². The van der Waals surface area contributed by atoms with Gasteiger partial charge in [0.05, 0.1) is 17.6 Å². The molecule has 35 heavy (non-hydrogen) atoms. The van der Waals surface area contributed by atoms with Gasteiger partial charge in [-0.3, -0.25) is 4.79 Å². The third-order valence-electron chi connectivity index (χ3n) is 8.71. The van der Waals surface area contributed by atoms with Gasteiger partial charge in [-0.2, -0.15) is 5.10 Å². The summed E-state index contributed by atoms with van der Waals surface area (Å²) >= 11 is 0. The summed E-state index contributed by atoms with van der Waals surface area (Å²) in [5.41, 5.74) is 6.86. The van der Waals surface area contributed by atoms with E-state index >= 15 is 0 Å². The molecule has 188 valence electrons. The van der Waals surface area contributed by atoms with Gasteiger partial charge in [-0.1, -0.05) is 50.6 Å². The van der Waals surface area contributed by atoms with E-state index in [1.54, 1.807) is 11.0 Å². The highest BCUT2D eigenvalue weighted by molar-refractivity contribution is 6.47. The number of hydrogen-bond donors (Lipinski definition) is 2. The van der Waals surface area contributed by atoms with E-state index < -0.39 is 7.12 Å². The number of amides is 1. The van der Waals surface area contributed by atoms with Gasteiger partial charge in [0.2, 0.25) is 5.91 Å². The third-order valence-corrected chi connectivity index (χ3v) is 8.71. The fourth-order valence-corrected chi connectivity index (χ4v) is 6.52. The van der Waals surface area contributed by atoms with Gasteiger partial charge in [0.1, 0.15) is 12.9 Å². The van der Waals surface area contributed by atoms with E-state index in [2.05, 4.69) is 36.2 Å². The minimum Gasteiger partial charge on any atom is -0.404 e. The molecule has 1 saturated heterocycles. The molecule has 0 radical (unpaired) electrons. The summed E-state index contributed by atoms with van der Waals surface area (Å²) < 4.78 is 14.7. The van der Waals surface area contributed by atoms with Crippen molar-refractivity contribution in [1.29, 1.82) is 0 Å². The van der Waals surface area contributed by atoms with Gasteiger partial charge in [0.25, 0.3) is 0 Å². The van der Waals surface area contributed by atoms with Crippen LogP contribution < -0.4 is 11.1 Å². The van der Waals surface area contributed by atoms with Crippen LogP contribution in [-0.4, -0.2) is 52.0 Å². The smallest absolute Gasteiger partial charge is 0.404 e. The van der Waals surface area contributed by atoms with Crippen molar-refractivity contribution >= 4 is 13.0 Å². The number of nitrogens with two attached hydrogens (primary N) is 1. The lowest BCUT2D eigenvalue weighted by Gasteiger charge is -2.64. The quantitative estimate of drug-likeness (QED) is 0.401. The molecule has 0 spiro atoms. The molecule has 2 aromatic rings. The van der Waals surface area contributed by atoms with E-state index in [4.69, 9.17) is 15.0 Å². The molecule has 1 aromatic carbocycles. The summed E-state index contributed by atoms with van der Waals surface area (Å²) in [4.78, 5) is 17.4. The fourth-order valence-electron chi connectivity index (χ4n) is 6.52. The second-order valence-electron chi connectivity index (χ2n) is 11.3. The average Bonchev–Trinajstić information content (AvgIpc) is 3.41. The van der Waals surface area contributed by atoms with Crippen LogP contribution in [0.2, 0.25) is 0 Å². The largest absolute Gasteiger partial charge is 0.481 e. The zero-order chi connectivity index (χ0) is 24.6. The molecular weight excluding hydrogens is 441 g/mol. The Labute approximate surface area is 208 Å². The lowest BCUT2D eigenvalue weighted by atomic mass is 9.43. The number of hydrogen-bond acceptors (Lipinski definition) is 6. The molecule has 5 unspecified atom stereocenters. The standard InChI is InChI=1S/C26H38BN5O3/c1-25(2)19-14-20(25)26(3)21(15-19)34-27(35-26)22(11-7-8-12-28)30-24(33)16-32-17-29-23(31-32)13-18-9-5-4-6-10-18/h4-6,9-10,17,19-22H,7-8,11-16,28H2,1-3H3,(H,30,33). The monoisotopic (exact) mass is 479 g/mol. The molecular formula is C26H38BN5O3. The van der Waals surface area contributed by atoms with Gasteiger partial charge in [-0.15, -0.1) is 0 Å². The number of rotatable bonds is 10. The Bertz CT molecular complexity index is 1030. The van der Waals surface area contributed by atoms with Crippen LogP contribution in [0.15, 0.2) is 36.7 Å². The van der Waals surface area contributed by atoms with E-state index in [9.17, 15) is 4.79 Å². The van der Waals surface area contributed by atoms with Crippen LogP contribution >= 0.6 is 0 Å². The molecule has 2 heterocycles. The van der Waals surface area contributed by atoms with Crippen molar-refractivity contribution in [1.82, 2.24) is 20.1 Å². The maximum Gasteiger partial charge on any atom is 0.481 e. The third kappa shape index (κ3) is 4.78. The number of nitrogens with one attached hydrogen (secondary N) is 1. The molecule has 8 nitrogen and oxygen atoms in total. The first kappa shape index (κ1) is 24.5. The molecule has 2 bridgehead atoms. The van der Waals surface area contributed by atoms with Crippen molar-refractivity contribution in [3.63, 3.8) is 0 Å². The van der Waals surface area contributed by atoms with Crippen molar-refractivity contribution < 1.29 is 14.1 Å². The van der Waals surface area contributed by atoms with Crippen molar-refractivity contribution in [2.75, 3.05) is 6.54 Å². The average molecular weight is 479 g/mol. The van der Waals surface area contributed by atoms with Crippen LogP contribution in [-0.2, 0) is 27.1 Å². The predicted octanol–water partition coefficient (Wildman–Crippen LogP) is 2.75. The van der Waals surface area contributed by atoms with E-state index in [1.807, 2.05) is 30.3 Å². The number of carbonyl (C=O) groups excluding carboxylic acids is 1. The first-order chi connectivity index (χ1) is 16.8. The van der Waals surface area contributed by atoms with Gasteiger partial charge < -0.3 is 20.4 Å². The summed E-state index contributed by atoms with van der Waals surface area (Å²) in [5, 5.41) is 7.68. The first-order valence-electron chi connectivity index (χ1n) is 13.0. The Balaban J connectivity index is 1.22. The molecule has 4 fully saturated rings. The van der Waals surface area contributed by atoms with Crippen LogP contribution in [0.1, 0.15) is 64.3 Å². The minimum atomic E-state index is -0.439. The van der Waals surface area contributed by atoms with Gasteiger partial charge in [-0.25, -0.2) is 9.67 Å². The molecule has 3 N–H and O–H groups in total. The summed E-state index contributed by atoms with van der Waals surface area (Å²) in [6.07, 6.45) is 7.17. The van der Waals surface area contributed by atoms with E-state index in [-0.39, 0.29) is 35.5 Å². The molecule has 6 rings (SSSR count). The van der Waals surface area contributed by atoms with E-state index in [0.29, 0.717) is 30.6 Å². The lowest BCUT2D eigenvalue weighted by Crippen LogP contribution is -2.65. The first-order valence-corrected chi connectivity index (χ1v) is 13.0. The molecule has 3 saturated carbocycles. The topological polar surface area (TPSA) is 104 Å². The molecule has 1 amide bonds. The highest BCUT2D eigenvalue weighted by Crippen LogP contribution is 2.65. The maximum absolute atomic E-state index is 13.0. The molecule has 4 aliphatic rings. The molecule has 9 heteroatoms. The Hall–Kier alpha value is -2.23. The maximum atomic E-state index is 13.0. The van der Waals surface area contributed by atoms with Crippen LogP contribution in [0.3, 0.4) is 0 Å². The summed E-state index contributed by atoms with van der Waals surface area (Å²) in [6.45, 7) is 7.67. The number of aromatic nitrogens is 3. The second-order valence-corrected chi connectivity index (χ2v) is 11.3. The van der Waals surface area contributed by atoms with Gasteiger partial charge in [-0.05, 0) is 62.0 Å². The SMILES string of the molecule is CC1(C)C2CC3OB(C(CCCCN)NC(=O)Cn4cnc(Cc5ccccc5)n4)OC3(C)C1C2. The van der Waals surface area contributed by atoms with Crippen molar-refractivity contribution in [2.24, 2.45) is 23.0 Å². The number of unbranched alkanes of at least 4 members (excludes halogenated alkanes) is 1. The molecule has 1 aliphatic heterocycles. The van der Waals surface area contributed by atoms with Gasteiger partial charge >= 0.3 is 7.12 Å². The Morgan fingerprint density at radius 1 is 1.26 bits per heavy atom. The normalized spacial score (nSPS) is 29.4. The Morgan fingerprint density at radius 2 is 2.06 bits per heavy atom. The number of nitrogens with zero attached hydrogens (tertiary/aromatic N) is 3. The summed E-state index contributed by atoms with van der Waals surface area (Å²) in [6, 6.07) is 10.1. The van der Waals surface area contributed by atoms with Gasteiger partial charge in [0, 0.05) is 6.42 Å². The van der Waals surface area contributed by atoms with Crippen LogP contribution in [0, 0.1) is 17.3 Å². The zero-order valence-electron chi connectivity index (χ0n) is 21.2. The highest BCUT2D eigenvalue weighted by atomic mass is 16.7. The van der Waals surface area contributed by atoms with E-state index in [0.717, 1.165) is 31.2 Å². The molecule has 5 atom stereocenters.